The van der Waals surface area contributed by atoms with Crippen LogP contribution in [0.4, 0.5) is 5.69 Å². The molecule has 0 saturated carbocycles. The number of anilines is 1. The minimum absolute atomic E-state index is 0.00799. The molecule has 0 unspecified atom stereocenters. The zero-order valence-electron chi connectivity index (χ0n) is 14.7. The second-order valence-electron chi connectivity index (χ2n) is 6.60. The predicted molar refractivity (Wildman–Crippen MR) is 102 cm³/mol. The number of fused-ring (bicyclic) bond motifs is 1. The van der Waals surface area contributed by atoms with Gasteiger partial charge in [0, 0.05) is 30.4 Å². The van der Waals surface area contributed by atoms with Crippen molar-refractivity contribution < 1.29 is 9.53 Å². The minimum Gasteiger partial charge on any atom is -0.493 e. The van der Waals surface area contributed by atoms with E-state index in [0.29, 0.717) is 25.5 Å². The van der Waals surface area contributed by atoms with Crippen LogP contribution in [0.5, 0.6) is 5.75 Å². The molecule has 1 amide bonds. The van der Waals surface area contributed by atoms with E-state index in [4.69, 9.17) is 4.74 Å². The molecule has 0 bridgehead atoms. The highest BCUT2D eigenvalue weighted by atomic mass is 16.5. The smallest absolute Gasteiger partial charge is 0.226 e. The monoisotopic (exact) mass is 336 g/mol. The molecular formula is C21H24N2O2. The van der Waals surface area contributed by atoms with Gasteiger partial charge >= 0.3 is 0 Å². The zero-order valence-corrected chi connectivity index (χ0v) is 14.7. The molecule has 2 aromatic carbocycles. The number of amides is 1. The van der Waals surface area contributed by atoms with E-state index in [1.165, 1.54) is 5.39 Å². The molecule has 0 spiro atoms. The Morgan fingerprint density at radius 2 is 1.84 bits per heavy atom. The molecule has 0 fully saturated rings. The normalized spacial score (nSPS) is 11.0. The fourth-order valence-electron chi connectivity index (χ4n) is 2.68. The maximum absolute atomic E-state index is 12.2. The Labute approximate surface area is 148 Å². The quantitative estimate of drug-likeness (QED) is 0.679. The van der Waals surface area contributed by atoms with Crippen LogP contribution < -0.4 is 10.1 Å². The lowest BCUT2D eigenvalue weighted by Crippen LogP contribution is -2.14. The molecule has 3 aromatic rings. The van der Waals surface area contributed by atoms with Gasteiger partial charge in [-0.15, -0.1) is 0 Å². The van der Waals surface area contributed by atoms with Gasteiger partial charge in [0.15, 0.2) is 0 Å². The summed E-state index contributed by atoms with van der Waals surface area (Å²) in [5.74, 6) is 1.32. The third kappa shape index (κ3) is 4.63. The molecule has 0 aliphatic rings. The van der Waals surface area contributed by atoms with Crippen molar-refractivity contribution in [2.75, 3.05) is 11.9 Å². The van der Waals surface area contributed by atoms with E-state index in [1.54, 1.807) is 0 Å². The number of carbonyl (C=O) groups is 1. The summed E-state index contributed by atoms with van der Waals surface area (Å²) in [5.41, 5.74) is 1.95. The van der Waals surface area contributed by atoms with Crippen molar-refractivity contribution in [3.8, 4) is 5.75 Å². The van der Waals surface area contributed by atoms with E-state index in [-0.39, 0.29) is 5.91 Å². The summed E-state index contributed by atoms with van der Waals surface area (Å²) in [5, 5.41) is 4.13. The number of aryl methyl sites for hydroxylation is 1. The number of carbonyl (C=O) groups excluding carboxylic acids is 1. The molecule has 0 saturated heterocycles. The van der Waals surface area contributed by atoms with Crippen molar-refractivity contribution in [2.24, 2.45) is 5.92 Å². The van der Waals surface area contributed by atoms with Gasteiger partial charge in [-0.05, 0) is 47.7 Å². The molecule has 1 aromatic heterocycles. The van der Waals surface area contributed by atoms with Gasteiger partial charge in [0.2, 0.25) is 5.91 Å². The Bertz CT molecular complexity index is 834. The SMILES string of the molecule is CC(C)COc1ccc(NC(=O)CCn2ccc3ccccc32)cc1. The van der Waals surface area contributed by atoms with Gasteiger partial charge in [-0.25, -0.2) is 0 Å². The van der Waals surface area contributed by atoms with E-state index in [1.807, 2.05) is 42.6 Å². The number of hydrogen-bond acceptors (Lipinski definition) is 2. The number of benzene rings is 2. The van der Waals surface area contributed by atoms with Crippen LogP contribution in [0.15, 0.2) is 60.8 Å². The second-order valence-corrected chi connectivity index (χ2v) is 6.60. The number of rotatable bonds is 7. The van der Waals surface area contributed by atoms with Gasteiger partial charge in [-0.2, -0.15) is 0 Å². The fraction of sp³-hybridized carbons (Fsp3) is 0.286. The Kier molecular flexibility index (Phi) is 5.39. The number of ether oxygens (including phenoxy) is 1. The Morgan fingerprint density at radius 3 is 2.60 bits per heavy atom. The predicted octanol–water partition coefficient (Wildman–Crippen LogP) is 4.70. The molecule has 0 aliphatic heterocycles. The van der Waals surface area contributed by atoms with Crippen LogP contribution in [0.2, 0.25) is 0 Å². The van der Waals surface area contributed by atoms with Crippen LogP contribution in [0.25, 0.3) is 10.9 Å². The van der Waals surface area contributed by atoms with Crippen LogP contribution in [-0.2, 0) is 11.3 Å². The van der Waals surface area contributed by atoms with Crippen molar-refractivity contribution in [2.45, 2.75) is 26.8 Å². The van der Waals surface area contributed by atoms with Crippen molar-refractivity contribution in [3.05, 3.63) is 60.8 Å². The van der Waals surface area contributed by atoms with E-state index in [9.17, 15) is 4.79 Å². The fourth-order valence-corrected chi connectivity index (χ4v) is 2.68. The molecule has 1 heterocycles. The largest absolute Gasteiger partial charge is 0.493 e. The summed E-state index contributed by atoms with van der Waals surface area (Å²) in [6, 6.07) is 17.8. The molecular weight excluding hydrogens is 312 g/mol. The Hall–Kier alpha value is -2.75. The van der Waals surface area contributed by atoms with E-state index >= 15 is 0 Å². The molecule has 25 heavy (non-hydrogen) atoms. The van der Waals surface area contributed by atoms with Crippen LogP contribution in [-0.4, -0.2) is 17.1 Å². The molecule has 3 rings (SSSR count). The van der Waals surface area contributed by atoms with E-state index < -0.39 is 0 Å². The summed E-state index contributed by atoms with van der Waals surface area (Å²) < 4.78 is 7.76. The van der Waals surface area contributed by atoms with Crippen LogP contribution in [0, 0.1) is 5.92 Å². The van der Waals surface area contributed by atoms with Gasteiger partial charge in [-0.1, -0.05) is 32.0 Å². The van der Waals surface area contributed by atoms with Crippen LogP contribution in [0.3, 0.4) is 0 Å². The van der Waals surface area contributed by atoms with E-state index in [0.717, 1.165) is 17.0 Å². The van der Waals surface area contributed by atoms with Crippen LogP contribution >= 0.6 is 0 Å². The zero-order chi connectivity index (χ0) is 17.6. The highest BCUT2D eigenvalue weighted by Crippen LogP contribution is 2.18. The summed E-state index contributed by atoms with van der Waals surface area (Å²) in [6.45, 7) is 5.58. The maximum Gasteiger partial charge on any atom is 0.226 e. The van der Waals surface area contributed by atoms with Gasteiger partial charge in [0.25, 0.3) is 0 Å². The summed E-state index contributed by atoms with van der Waals surface area (Å²) >= 11 is 0. The van der Waals surface area contributed by atoms with Gasteiger partial charge < -0.3 is 14.6 Å². The lowest BCUT2D eigenvalue weighted by molar-refractivity contribution is -0.116. The van der Waals surface area contributed by atoms with Gasteiger partial charge in [0.05, 0.1) is 6.61 Å². The third-order valence-corrected chi connectivity index (χ3v) is 3.98. The average Bonchev–Trinajstić information content (AvgIpc) is 3.02. The van der Waals surface area contributed by atoms with Crippen molar-refractivity contribution in [3.63, 3.8) is 0 Å². The summed E-state index contributed by atoms with van der Waals surface area (Å²) in [6.07, 6.45) is 2.46. The molecule has 130 valence electrons. The molecule has 1 N–H and O–H groups in total. The average molecular weight is 336 g/mol. The number of hydrogen-bond donors (Lipinski definition) is 1. The second kappa shape index (κ2) is 7.88. The van der Waals surface area contributed by atoms with Crippen molar-refractivity contribution >= 4 is 22.5 Å². The maximum atomic E-state index is 12.2. The number of aromatic nitrogens is 1. The molecule has 4 heteroatoms. The standard InChI is InChI=1S/C21H24N2O2/c1-16(2)15-25-19-9-7-18(8-10-19)22-21(24)12-14-23-13-11-17-5-3-4-6-20(17)23/h3-11,13,16H,12,14-15H2,1-2H3,(H,22,24). The van der Waals surface area contributed by atoms with Crippen molar-refractivity contribution in [1.29, 1.82) is 0 Å². The molecule has 0 atom stereocenters. The van der Waals surface area contributed by atoms with E-state index in [2.05, 4.69) is 41.9 Å². The molecule has 0 aliphatic carbocycles. The van der Waals surface area contributed by atoms with Gasteiger partial charge in [0.1, 0.15) is 5.75 Å². The third-order valence-electron chi connectivity index (χ3n) is 3.98. The molecule has 4 nitrogen and oxygen atoms in total. The van der Waals surface area contributed by atoms with Crippen LogP contribution in [0.1, 0.15) is 20.3 Å². The topological polar surface area (TPSA) is 43.3 Å². The highest BCUT2D eigenvalue weighted by Gasteiger charge is 2.06. The first-order valence-corrected chi connectivity index (χ1v) is 8.68. The van der Waals surface area contributed by atoms with Crippen molar-refractivity contribution in [1.82, 2.24) is 4.57 Å². The Morgan fingerprint density at radius 1 is 1.08 bits per heavy atom. The number of nitrogens with one attached hydrogen (secondary N) is 1. The summed E-state index contributed by atoms with van der Waals surface area (Å²) in [7, 11) is 0. The number of nitrogens with zero attached hydrogens (tertiary/aromatic N) is 1. The first-order chi connectivity index (χ1) is 12.1. The lowest BCUT2D eigenvalue weighted by Gasteiger charge is -2.10. The first-order valence-electron chi connectivity index (χ1n) is 8.68. The Balaban J connectivity index is 1.52. The first kappa shape index (κ1) is 17.1. The molecule has 0 radical (unpaired) electrons. The lowest BCUT2D eigenvalue weighted by atomic mass is 10.2. The summed E-state index contributed by atoms with van der Waals surface area (Å²) in [4.78, 5) is 12.2. The van der Waals surface area contributed by atoms with Gasteiger partial charge in [-0.3, -0.25) is 4.79 Å². The number of para-hydroxylation sites is 1. The highest BCUT2D eigenvalue weighted by molar-refractivity contribution is 5.90. The minimum atomic E-state index is 0.00799.